The van der Waals surface area contributed by atoms with Crippen molar-refractivity contribution in [3.8, 4) is 0 Å². The van der Waals surface area contributed by atoms with Crippen LogP contribution in [-0.4, -0.2) is 74.2 Å². The number of amides is 2. The van der Waals surface area contributed by atoms with Gasteiger partial charge in [0.05, 0.1) is 13.2 Å². The second-order valence-corrected chi connectivity index (χ2v) is 6.53. The van der Waals surface area contributed by atoms with Crippen molar-refractivity contribution in [2.45, 2.75) is 25.7 Å². The molecule has 0 aromatic rings. The number of likely N-dealkylation sites (tertiary alicyclic amines) is 1. The summed E-state index contributed by atoms with van der Waals surface area (Å²) < 4.78 is 10.6. The molecule has 3 saturated heterocycles. The van der Waals surface area contributed by atoms with Gasteiger partial charge in [-0.05, 0) is 25.2 Å². The van der Waals surface area contributed by atoms with E-state index in [1.54, 1.807) is 0 Å². The van der Waals surface area contributed by atoms with Crippen molar-refractivity contribution in [1.82, 2.24) is 9.80 Å². The Morgan fingerprint density at radius 3 is 2.23 bits per heavy atom. The molecule has 0 aromatic heterocycles. The van der Waals surface area contributed by atoms with Gasteiger partial charge in [0.2, 0.25) is 11.8 Å². The van der Waals surface area contributed by atoms with Gasteiger partial charge in [-0.3, -0.25) is 9.59 Å². The summed E-state index contributed by atoms with van der Waals surface area (Å²) in [5, 5.41) is 0. The Morgan fingerprint density at radius 2 is 1.59 bits per heavy atom. The van der Waals surface area contributed by atoms with Crippen LogP contribution in [0.2, 0.25) is 0 Å². The zero-order chi connectivity index (χ0) is 15.4. The number of piperidine rings is 1. The van der Waals surface area contributed by atoms with E-state index in [2.05, 4.69) is 0 Å². The van der Waals surface area contributed by atoms with Crippen LogP contribution < -0.4 is 0 Å². The van der Waals surface area contributed by atoms with Crippen molar-refractivity contribution in [2.24, 2.45) is 11.8 Å². The van der Waals surface area contributed by atoms with Crippen LogP contribution in [0.5, 0.6) is 0 Å². The number of nitrogens with zero attached hydrogens (tertiary/aromatic N) is 2. The summed E-state index contributed by atoms with van der Waals surface area (Å²) in [6.45, 7) is 5.64. The molecule has 0 N–H and O–H groups in total. The van der Waals surface area contributed by atoms with Gasteiger partial charge in [-0.2, -0.15) is 0 Å². The maximum absolute atomic E-state index is 12.5. The van der Waals surface area contributed by atoms with E-state index in [4.69, 9.17) is 9.47 Å². The fourth-order valence-electron chi connectivity index (χ4n) is 3.54. The van der Waals surface area contributed by atoms with Crippen molar-refractivity contribution in [2.75, 3.05) is 52.6 Å². The van der Waals surface area contributed by atoms with Crippen LogP contribution in [0.3, 0.4) is 0 Å². The molecule has 3 aliphatic heterocycles. The molecule has 0 saturated carbocycles. The highest BCUT2D eigenvalue weighted by atomic mass is 16.5. The molecule has 6 nitrogen and oxygen atoms in total. The molecule has 0 radical (unpaired) electrons. The topological polar surface area (TPSA) is 59.1 Å². The largest absolute Gasteiger partial charge is 0.381 e. The Labute approximate surface area is 131 Å². The lowest BCUT2D eigenvalue weighted by molar-refractivity contribution is -0.144. The van der Waals surface area contributed by atoms with E-state index in [0.717, 1.165) is 32.5 Å². The highest BCUT2D eigenvalue weighted by molar-refractivity contribution is 5.80. The quantitative estimate of drug-likeness (QED) is 0.762. The lowest BCUT2D eigenvalue weighted by Gasteiger charge is -2.35. The molecular formula is C16H26N2O4. The van der Waals surface area contributed by atoms with Gasteiger partial charge in [-0.15, -0.1) is 0 Å². The summed E-state index contributed by atoms with van der Waals surface area (Å²) in [6.07, 6.45) is 3.19. The summed E-state index contributed by atoms with van der Waals surface area (Å²) in [6, 6.07) is 0. The monoisotopic (exact) mass is 310 g/mol. The van der Waals surface area contributed by atoms with E-state index in [9.17, 15) is 9.59 Å². The number of carbonyl (C=O) groups is 2. The van der Waals surface area contributed by atoms with Crippen LogP contribution in [-0.2, 0) is 19.1 Å². The first kappa shape index (κ1) is 15.7. The van der Waals surface area contributed by atoms with E-state index in [0.29, 0.717) is 51.7 Å². The average Bonchev–Trinajstić information content (AvgIpc) is 3.08. The number of hydrogen-bond acceptors (Lipinski definition) is 4. The molecule has 0 aliphatic carbocycles. The molecule has 0 unspecified atom stereocenters. The van der Waals surface area contributed by atoms with Gasteiger partial charge in [0.1, 0.15) is 0 Å². The number of hydrogen-bond donors (Lipinski definition) is 0. The molecule has 0 aromatic carbocycles. The average molecular weight is 310 g/mol. The van der Waals surface area contributed by atoms with Crippen LogP contribution in [0.4, 0.5) is 0 Å². The second kappa shape index (κ2) is 7.42. The first-order valence-electron chi connectivity index (χ1n) is 8.46. The minimum Gasteiger partial charge on any atom is -0.381 e. The molecule has 0 spiro atoms. The van der Waals surface area contributed by atoms with Gasteiger partial charge in [0, 0.05) is 51.7 Å². The van der Waals surface area contributed by atoms with Crippen molar-refractivity contribution < 1.29 is 19.1 Å². The van der Waals surface area contributed by atoms with Crippen LogP contribution in [0.1, 0.15) is 25.7 Å². The first-order chi connectivity index (χ1) is 10.7. The van der Waals surface area contributed by atoms with Crippen molar-refractivity contribution in [3.63, 3.8) is 0 Å². The second-order valence-electron chi connectivity index (χ2n) is 6.53. The summed E-state index contributed by atoms with van der Waals surface area (Å²) >= 11 is 0. The van der Waals surface area contributed by atoms with Crippen molar-refractivity contribution in [3.05, 3.63) is 0 Å². The van der Waals surface area contributed by atoms with Crippen molar-refractivity contribution in [1.29, 1.82) is 0 Å². The van der Waals surface area contributed by atoms with E-state index in [1.807, 2.05) is 9.80 Å². The predicted octanol–water partition coefficient (Wildman–Crippen LogP) is 0.510. The van der Waals surface area contributed by atoms with Crippen LogP contribution in [0.15, 0.2) is 0 Å². The Bertz CT molecular complexity index is 395. The lowest BCUT2D eigenvalue weighted by Crippen LogP contribution is -2.47. The summed E-state index contributed by atoms with van der Waals surface area (Å²) in [5.74, 6) is 0.949. The Balaban J connectivity index is 1.43. The summed E-state index contributed by atoms with van der Waals surface area (Å²) in [4.78, 5) is 28.6. The third kappa shape index (κ3) is 3.79. The van der Waals surface area contributed by atoms with Gasteiger partial charge in [-0.1, -0.05) is 0 Å². The molecule has 2 amide bonds. The number of rotatable bonds is 3. The van der Waals surface area contributed by atoms with Gasteiger partial charge >= 0.3 is 0 Å². The summed E-state index contributed by atoms with van der Waals surface area (Å²) in [5.41, 5.74) is 0. The van der Waals surface area contributed by atoms with Crippen LogP contribution >= 0.6 is 0 Å². The van der Waals surface area contributed by atoms with Crippen LogP contribution in [0.25, 0.3) is 0 Å². The predicted molar refractivity (Wildman–Crippen MR) is 80.2 cm³/mol. The smallest absolute Gasteiger partial charge is 0.225 e. The molecule has 3 fully saturated rings. The van der Waals surface area contributed by atoms with E-state index in [-0.39, 0.29) is 17.7 Å². The highest BCUT2D eigenvalue weighted by Crippen LogP contribution is 2.23. The third-order valence-corrected chi connectivity index (χ3v) is 5.01. The van der Waals surface area contributed by atoms with E-state index >= 15 is 0 Å². The lowest BCUT2D eigenvalue weighted by atomic mass is 9.94. The Hall–Kier alpha value is -1.14. The SMILES string of the molecule is O=C(C[C@@H]1CCOC1)N1CCC(C(=O)N2CCOCC2)CC1. The molecule has 124 valence electrons. The minimum absolute atomic E-state index is 0.0805. The van der Waals surface area contributed by atoms with Gasteiger partial charge < -0.3 is 19.3 Å². The highest BCUT2D eigenvalue weighted by Gasteiger charge is 2.31. The molecule has 6 heteroatoms. The van der Waals surface area contributed by atoms with Gasteiger partial charge in [0.25, 0.3) is 0 Å². The zero-order valence-electron chi connectivity index (χ0n) is 13.2. The molecule has 22 heavy (non-hydrogen) atoms. The number of carbonyl (C=O) groups excluding carboxylic acids is 2. The number of ether oxygens (including phenoxy) is 2. The maximum atomic E-state index is 12.5. The molecule has 3 rings (SSSR count). The fourth-order valence-corrected chi connectivity index (χ4v) is 3.54. The fraction of sp³-hybridized carbons (Fsp3) is 0.875. The minimum atomic E-state index is 0.0805. The summed E-state index contributed by atoms with van der Waals surface area (Å²) in [7, 11) is 0. The molecular weight excluding hydrogens is 284 g/mol. The molecule has 3 heterocycles. The number of morpholine rings is 1. The van der Waals surface area contributed by atoms with Gasteiger partial charge in [-0.25, -0.2) is 0 Å². The Morgan fingerprint density at radius 1 is 0.864 bits per heavy atom. The molecule has 0 bridgehead atoms. The van der Waals surface area contributed by atoms with E-state index in [1.165, 1.54) is 0 Å². The van der Waals surface area contributed by atoms with Crippen LogP contribution in [0, 0.1) is 11.8 Å². The van der Waals surface area contributed by atoms with Gasteiger partial charge in [0.15, 0.2) is 0 Å². The zero-order valence-corrected chi connectivity index (χ0v) is 13.2. The molecule has 3 aliphatic rings. The third-order valence-electron chi connectivity index (χ3n) is 5.01. The standard InChI is InChI=1S/C16H26N2O4/c19-15(11-13-3-8-22-12-13)17-4-1-14(2-5-17)16(20)18-6-9-21-10-7-18/h13-14H,1-12H2/t13-/m0/s1. The van der Waals surface area contributed by atoms with E-state index < -0.39 is 0 Å². The first-order valence-corrected chi connectivity index (χ1v) is 8.46. The van der Waals surface area contributed by atoms with Crippen molar-refractivity contribution >= 4 is 11.8 Å². The molecule has 1 atom stereocenters. The maximum Gasteiger partial charge on any atom is 0.225 e. The normalized spacial score (nSPS) is 27.2. The Kier molecular flexibility index (Phi) is 5.31.